The summed E-state index contributed by atoms with van der Waals surface area (Å²) in [5, 5.41) is 6.37. The van der Waals surface area contributed by atoms with Crippen LogP contribution in [0.3, 0.4) is 0 Å². The molecule has 0 aliphatic carbocycles. The van der Waals surface area contributed by atoms with Crippen LogP contribution in [0.2, 0.25) is 0 Å². The monoisotopic (exact) mass is 555 g/mol. The summed E-state index contributed by atoms with van der Waals surface area (Å²) < 4.78 is 32.0. The van der Waals surface area contributed by atoms with E-state index in [1.165, 1.54) is 5.56 Å². The second kappa shape index (κ2) is 13.0. The zero-order valence-electron chi connectivity index (χ0n) is 18.1. The Bertz CT molecular complexity index is 979. The lowest BCUT2D eigenvalue weighted by atomic mass is 10.1. The quantitative estimate of drug-likeness (QED) is 0.228. The first kappa shape index (κ1) is 25.6. The van der Waals surface area contributed by atoms with Crippen LogP contribution in [0, 0.1) is 6.92 Å². The van der Waals surface area contributed by atoms with Gasteiger partial charge in [-0.05, 0) is 31.0 Å². The van der Waals surface area contributed by atoms with Crippen molar-refractivity contribution in [1.82, 2.24) is 20.2 Å². The van der Waals surface area contributed by atoms with Crippen molar-refractivity contribution in [3.05, 3.63) is 83.4 Å². The van der Waals surface area contributed by atoms with Gasteiger partial charge in [0, 0.05) is 37.6 Å². The standard InChI is InChI=1S/C23H27F2N5O.HI/c1-3-27-23(29-14-20-12-17(2)4-9-21(20)31-22(24)25)28-13-18-5-7-19(8-6-18)15-30-11-10-26-16-30;/h4-12,16,22H,3,13-15H2,1-2H3,(H2,27,28,29);1H. The first-order valence-corrected chi connectivity index (χ1v) is 10.1. The molecule has 0 saturated heterocycles. The number of aromatic nitrogens is 2. The van der Waals surface area contributed by atoms with Gasteiger partial charge in [0.15, 0.2) is 5.96 Å². The third-order valence-electron chi connectivity index (χ3n) is 4.59. The maximum Gasteiger partial charge on any atom is 0.387 e. The molecule has 0 aliphatic rings. The Hall–Kier alpha value is -2.69. The summed E-state index contributed by atoms with van der Waals surface area (Å²) >= 11 is 0. The first-order valence-electron chi connectivity index (χ1n) is 10.1. The van der Waals surface area contributed by atoms with Gasteiger partial charge in [-0.15, -0.1) is 24.0 Å². The van der Waals surface area contributed by atoms with Gasteiger partial charge >= 0.3 is 6.61 Å². The van der Waals surface area contributed by atoms with Crippen molar-refractivity contribution in [1.29, 1.82) is 0 Å². The molecule has 0 unspecified atom stereocenters. The maximum atomic E-state index is 12.7. The first-order chi connectivity index (χ1) is 15.0. The van der Waals surface area contributed by atoms with Crippen LogP contribution in [-0.2, 0) is 19.6 Å². The van der Waals surface area contributed by atoms with Gasteiger partial charge in [0.25, 0.3) is 0 Å². The van der Waals surface area contributed by atoms with E-state index in [9.17, 15) is 8.78 Å². The molecule has 0 aliphatic heterocycles. The van der Waals surface area contributed by atoms with Gasteiger partial charge in [-0.2, -0.15) is 8.78 Å². The molecule has 1 aromatic heterocycles. The fourth-order valence-corrected chi connectivity index (χ4v) is 3.09. The van der Waals surface area contributed by atoms with Crippen LogP contribution in [-0.4, -0.2) is 28.7 Å². The van der Waals surface area contributed by atoms with Gasteiger partial charge in [-0.25, -0.2) is 9.98 Å². The number of guanidine groups is 1. The molecule has 0 bridgehead atoms. The number of rotatable bonds is 9. The van der Waals surface area contributed by atoms with Gasteiger partial charge in [0.05, 0.1) is 12.9 Å². The summed E-state index contributed by atoms with van der Waals surface area (Å²) in [5.74, 6) is 0.770. The minimum absolute atomic E-state index is 0. The number of nitrogens with zero attached hydrogens (tertiary/aromatic N) is 3. The van der Waals surface area contributed by atoms with Crippen LogP contribution in [0.5, 0.6) is 5.75 Å². The molecule has 0 amide bonds. The van der Waals surface area contributed by atoms with Gasteiger partial charge < -0.3 is 19.9 Å². The SMILES string of the molecule is CCNC(=NCc1ccc(Cn2ccnc2)cc1)NCc1cc(C)ccc1OC(F)F.I. The molecule has 0 spiro atoms. The predicted octanol–water partition coefficient (Wildman–Crippen LogP) is 4.71. The van der Waals surface area contributed by atoms with Gasteiger partial charge in [0.2, 0.25) is 0 Å². The predicted molar refractivity (Wildman–Crippen MR) is 133 cm³/mol. The Labute approximate surface area is 204 Å². The second-order valence-corrected chi connectivity index (χ2v) is 7.09. The molecular formula is C23H28F2IN5O. The third kappa shape index (κ3) is 8.10. The highest BCUT2D eigenvalue weighted by Gasteiger charge is 2.10. The van der Waals surface area contributed by atoms with Crippen LogP contribution < -0.4 is 15.4 Å². The third-order valence-corrected chi connectivity index (χ3v) is 4.59. The highest BCUT2D eigenvalue weighted by molar-refractivity contribution is 14.0. The smallest absolute Gasteiger partial charge is 0.387 e. The Morgan fingerprint density at radius 3 is 2.53 bits per heavy atom. The zero-order valence-corrected chi connectivity index (χ0v) is 20.4. The summed E-state index contributed by atoms with van der Waals surface area (Å²) in [6.07, 6.45) is 5.48. The highest BCUT2D eigenvalue weighted by Crippen LogP contribution is 2.22. The van der Waals surface area contributed by atoms with Crippen molar-refractivity contribution in [2.45, 2.75) is 40.1 Å². The number of alkyl halides is 2. The summed E-state index contributed by atoms with van der Waals surface area (Å²) in [4.78, 5) is 8.66. The molecule has 0 radical (unpaired) electrons. The molecule has 0 fully saturated rings. The molecule has 0 atom stereocenters. The van der Waals surface area contributed by atoms with E-state index in [0.717, 1.165) is 17.7 Å². The number of halogens is 3. The van der Waals surface area contributed by atoms with Crippen molar-refractivity contribution < 1.29 is 13.5 Å². The maximum absolute atomic E-state index is 12.7. The fraction of sp³-hybridized carbons (Fsp3) is 0.304. The lowest BCUT2D eigenvalue weighted by molar-refractivity contribution is -0.0504. The highest BCUT2D eigenvalue weighted by atomic mass is 127. The largest absolute Gasteiger partial charge is 0.434 e. The Morgan fingerprint density at radius 2 is 1.88 bits per heavy atom. The lowest BCUT2D eigenvalue weighted by Gasteiger charge is -2.15. The molecule has 6 nitrogen and oxygen atoms in total. The molecule has 2 N–H and O–H groups in total. The molecule has 1 heterocycles. The van der Waals surface area contributed by atoms with Crippen molar-refractivity contribution in [2.75, 3.05) is 6.54 Å². The normalized spacial score (nSPS) is 11.2. The lowest BCUT2D eigenvalue weighted by Crippen LogP contribution is -2.36. The Kier molecular flexibility index (Phi) is 10.4. The number of nitrogens with one attached hydrogen (secondary N) is 2. The minimum Gasteiger partial charge on any atom is -0.434 e. The molecule has 9 heteroatoms. The van der Waals surface area contributed by atoms with Gasteiger partial charge in [0.1, 0.15) is 5.75 Å². The average Bonchev–Trinajstić information content (AvgIpc) is 3.25. The van der Waals surface area contributed by atoms with Crippen LogP contribution in [0.4, 0.5) is 8.78 Å². The van der Waals surface area contributed by atoms with E-state index in [1.807, 2.05) is 30.7 Å². The number of ether oxygens (including phenoxy) is 1. The Balaban J connectivity index is 0.00000363. The van der Waals surface area contributed by atoms with Crippen molar-refractivity contribution in [3.8, 4) is 5.75 Å². The van der Waals surface area contributed by atoms with Crippen molar-refractivity contribution in [3.63, 3.8) is 0 Å². The van der Waals surface area contributed by atoms with Gasteiger partial charge in [-0.3, -0.25) is 0 Å². The van der Waals surface area contributed by atoms with Crippen LogP contribution in [0.1, 0.15) is 29.2 Å². The number of benzene rings is 2. The molecule has 2 aromatic carbocycles. The van der Waals surface area contributed by atoms with E-state index >= 15 is 0 Å². The summed E-state index contributed by atoms with van der Waals surface area (Å²) in [6, 6.07) is 13.4. The van der Waals surface area contributed by atoms with E-state index in [-0.39, 0.29) is 29.7 Å². The number of imidazole rings is 1. The van der Waals surface area contributed by atoms with E-state index < -0.39 is 6.61 Å². The van der Waals surface area contributed by atoms with E-state index in [4.69, 9.17) is 0 Å². The Morgan fingerprint density at radius 1 is 1.12 bits per heavy atom. The molecular weight excluding hydrogens is 527 g/mol. The molecule has 32 heavy (non-hydrogen) atoms. The molecule has 3 rings (SSSR count). The molecule has 0 saturated carbocycles. The van der Waals surface area contributed by atoms with E-state index in [2.05, 4.69) is 49.6 Å². The van der Waals surface area contributed by atoms with Crippen LogP contribution in [0.25, 0.3) is 0 Å². The zero-order chi connectivity index (χ0) is 22.1. The van der Waals surface area contributed by atoms with Crippen molar-refractivity contribution in [2.24, 2.45) is 4.99 Å². The topological polar surface area (TPSA) is 63.5 Å². The summed E-state index contributed by atoms with van der Waals surface area (Å²) in [7, 11) is 0. The van der Waals surface area contributed by atoms with Crippen LogP contribution in [0.15, 0.2) is 66.2 Å². The average molecular weight is 555 g/mol. The van der Waals surface area contributed by atoms with E-state index in [1.54, 1.807) is 24.7 Å². The number of aliphatic imine (C=N–C) groups is 1. The second-order valence-electron chi connectivity index (χ2n) is 7.09. The molecule has 172 valence electrons. The number of aryl methyl sites for hydroxylation is 1. The van der Waals surface area contributed by atoms with E-state index in [0.29, 0.717) is 31.2 Å². The summed E-state index contributed by atoms with van der Waals surface area (Å²) in [5.41, 5.74) is 3.87. The van der Waals surface area contributed by atoms with Crippen LogP contribution >= 0.6 is 24.0 Å². The van der Waals surface area contributed by atoms with Gasteiger partial charge in [-0.1, -0.05) is 42.0 Å². The fourth-order valence-electron chi connectivity index (χ4n) is 3.09. The minimum atomic E-state index is -2.86. The van der Waals surface area contributed by atoms with Crippen molar-refractivity contribution >= 4 is 29.9 Å². The summed E-state index contributed by atoms with van der Waals surface area (Å²) in [6.45, 7) is 3.29. The number of hydrogen-bond donors (Lipinski definition) is 2. The number of hydrogen-bond acceptors (Lipinski definition) is 3. The molecule has 3 aromatic rings.